The van der Waals surface area contributed by atoms with E-state index in [0.717, 1.165) is 28.1 Å². The summed E-state index contributed by atoms with van der Waals surface area (Å²) < 4.78 is 5.69. The van der Waals surface area contributed by atoms with E-state index in [-0.39, 0.29) is 12.5 Å². The van der Waals surface area contributed by atoms with E-state index in [1.54, 1.807) is 6.21 Å². The Bertz CT molecular complexity index is 914. The van der Waals surface area contributed by atoms with Gasteiger partial charge in [0.1, 0.15) is 5.75 Å². The van der Waals surface area contributed by atoms with Gasteiger partial charge >= 0.3 is 0 Å². The fourth-order valence-electron chi connectivity index (χ4n) is 2.68. The van der Waals surface area contributed by atoms with Crippen LogP contribution in [-0.4, -0.2) is 23.7 Å². The van der Waals surface area contributed by atoms with E-state index in [9.17, 15) is 4.79 Å². The number of H-pyrrole nitrogens is 1. The summed E-state index contributed by atoms with van der Waals surface area (Å²) >= 11 is 0. The highest BCUT2D eigenvalue weighted by Gasteiger charge is 2.08. The topological polar surface area (TPSA) is 66.5 Å². The van der Waals surface area contributed by atoms with Gasteiger partial charge in [-0.15, -0.1) is 0 Å². The number of amides is 1. The van der Waals surface area contributed by atoms with E-state index >= 15 is 0 Å². The molecule has 1 amide bonds. The maximum Gasteiger partial charge on any atom is 0.277 e. The Balaban J connectivity index is 1.59. The first-order valence-electron chi connectivity index (χ1n) is 8.39. The molecule has 5 heteroatoms. The van der Waals surface area contributed by atoms with Crippen LogP contribution in [0.3, 0.4) is 0 Å². The third-order valence-electron chi connectivity index (χ3n) is 3.91. The van der Waals surface area contributed by atoms with Crippen LogP contribution in [0, 0.1) is 13.8 Å². The van der Waals surface area contributed by atoms with Crippen molar-refractivity contribution < 1.29 is 9.53 Å². The Morgan fingerprint density at radius 1 is 1.12 bits per heavy atom. The van der Waals surface area contributed by atoms with Crippen molar-refractivity contribution in [2.24, 2.45) is 5.10 Å². The van der Waals surface area contributed by atoms with Gasteiger partial charge in [-0.25, -0.2) is 5.43 Å². The Morgan fingerprint density at radius 3 is 2.58 bits per heavy atom. The van der Waals surface area contributed by atoms with Gasteiger partial charge in [0.25, 0.3) is 5.91 Å². The molecule has 2 N–H and O–H groups in total. The number of nitrogens with one attached hydrogen (secondary N) is 2. The van der Waals surface area contributed by atoms with Crippen LogP contribution in [0.4, 0.5) is 0 Å². The number of rotatable bonds is 6. The molecule has 2 aromatic carbocycles. The van der Waals surface area contributed by atoms with Crippen LogP contribution < -0.4 is 10.2 Å². The van der Waals surface area contributed by atoms with Gasteiger partial charge in [-0.3, -0.25) is 4.79 Å². The largest absolute Gasteiger partial charge is 0.483 e. The second-order valence-corrected chi connectivity index (χ2v) is 5.98. The van der Waals surface area contributed by atoms with Crippen molar-refractivity contribution in [2.75, 3.05) is 6.61 Å². The lowest BCUT2D eigenvalue weighted by Crippen LogP contribution is -2.24. The Morgan fingerprint density at radius 2 is 1.85 bits per heavy atom. The van der Waals surface area contributed by atoms with Crippen LogP contribution in [-0.2, 0) is 4.79 Å². The lowest BCUT2D eigenvalue weighted by molar-refractivity contribution is -0.123. The SMILES string of the molecule is Cc1cc(/C=N/NC(=O)COc2ccccc2-c2ccccc2)c(C)[nH]1. The number of benzene rings is 2. The molecule has 0 saturated heterocycles. The molecule has 0 aliphatic rings. The van der Waals surface area contributed by atoms with E-state index in [0.29, 0.717) is 5.75 Å². The summed E-state index contributed by atoms with van der Waals surface area (Å²) in [5.74, 6) is 0.351. The highest BCUT2D eigenvalue weighted by molar-refractivity contribution is 5.84. The van der Waals surface area contributed by atoms with E-state index in [1.807, 2.05) is 74.5 Å². The van der Waals surface area contributed by atoms with Crippen LogP contribution in [0.2, 0.25) is 0 Å². The predicted molar refractivity (Wildman–Crippen MR) is 103 cm³/mol. The van der Waals surface area contributed by atoms with Gasteiger partial charge in [-0.2, -0.15) is 5.10 Å². The zero-order valence-electron chi connectivity index (χ0n) is 14.8. The first-order chi connectivity index (χ1) is 12.6. The molecule has 0 spiro atoms. The maximum atomic E-state index is 12.0. The molecule has 0 aliphatic carbocycles. The van der Waals surface area contributed by atoms with Gasteiger partial charge in [0.05, 0.1) is 6.21 Å². The second-order valence-electron chi connectivity index (χ2n) is 5.98. The minimum absolute atomic E-state index is 0.105. The highest BCUT2D eigenvalue weighted by Crippen LogP contribution is 2.29. The van der Waals surface area contributed by atoms with E-state index in [4.69, 9.17) is 4.74 Å². The molecule has 0 saturated carbocycles. The lowest BCUT2D eigenvalue weighted by Gasteiger charge is -2.10. The number of hydrazone groups is 1. The Hall–Kier alpha value is -3.34. The summed E-state index contributed by atoms with van der Waals surface area (Å²) in [6, 6.07) is 19.5. The van der Waals surface area contributed by atoms with Crippen molar-refractivity contribution in [1.82, 2.24) is 10.4 Å². The predicted octanol–water partition coefficient (Wildman–Crippen LogP) is 3.83. The maximum absolute atomic E-state index is 12.0. The molecule has 0 bridgehead atoms. The van der Waals surface area contributed by atoms with E-state index in [1.165, 1.54) is 0 Å². The van der Waals surface area contributed by atoms with Crippen molar-refractivity contribution in [3.63, 3.8) is 0 Å². The van der Waals surface area contributed by atoms with Gasteiger partial charge in [0, 0.05) is 22.5 Å². The average Bonchev–Trinajstić information content (AvgIpc) is 2.98. The summed E-state index contributed by atoms with van der Waals surface area (Å²) in [5, 5.41) is 3.98. The van der Waals surface area contributed by atoms with Crippen LogP contribution in [0.1, 0.15) is 17.0 Å². The number of carbonyl (C=O) groups is 1. The molecule has 0 atom stereocenters. The molecule has 0 unspecified atom stereocenters. The van der Waals surface area contributed by atoms with Gasteiger partial charge < -0.3 is 9.72 Å². The molecular formula is C21H21N3O2. The molecule has 0 radical (unpaired) electrons. The summed E-state index contributed by atoms with van der Waals surface area (Å²) in [6.07, 6.45) is 1.62. The number of aromatic amines is 1. The summed E-state index contributed by atoms with van der Waals surface area (Å²) in [7, 11) is 0. The minimum Gasteiger partial charge on any atom is -0.483 e. The minimum atomic E-state index is -0.311. The van der Waals surface area contributed by atoms with Crippen LogP contribution in [0.25, 0.3) is 11.1 Å². The smallest absolute Gasteiger partial charge is 0.277 e. The van der Waals surface area contributed by atoms with Gasteiger partial charge in [-0.05, 0) is 31.5 Å². The third kappa shape index (κ3) is 4.39. The fourth-order valence-corrected chi connectivity index (χ4v) is 2.68. The number of ether oxygens (including phenoxy) is 1. The van der Waals surface area contributed by atoms with Gasteiger partial charge in [-0.1, -0.05) is 48.5 Å². The van der Waals surface area contributed by atoms with Crippen molar-refractivity contribution in [1.29, 1.82) is 0 Å². The number of nitrogens with zero attached hydrogens (tertiary/aromatic N) is 1. The molecule has 1 aromatic heterocycles. The van der Waals surface area contributed by atoms with Gasteiger partial charge in [0.15, 0.2) is 6.61 Å². The van der Waals surface area contributed by atoms with E-state index < -0.39 is 0 Å². The molecule has 1 heterocycles. The molecule has 26 heavy (non-hydrogen) atoms. The second kappa shape index (κ2) is 8.16. The molecule has 0 fully saturated rings. The number of hydrogen-bond acceptors (Lipinski definition) is 3. The van der Waals surface area contributed by atoms with Gasteiger partial charge in [0.2, 0.25) is 0 Å². The van der Waals surface area contributed by atoms with Crippen molar-refractivity contribution in [3.05, 3.63) is 77.6 Å². The van der Waals surface area contributed by atoms with Crippen LogP contribution in [0.15, 0.2) is 65.8 Å². The Kier molecular flexibility index (Phi) is 5.49. The Labute approximate surface area is 152 Å². The summed E-state index contributed by atoms with van der Waals surface area (Å²) in [5.41, 5.74) is 7.48. The van der Waals surface area contributed by atoms with Crippen molar-refractivity contribution in [2.45, 2.75) is 13.8 Å². The number of carbonyl (C=O) groups excluding carboxylic acids is 1. The molecule has 5 nitrogen and oxygen atoms in total. The summed E-state index contributed by atoms with van der Waals surface area (Å²) in [6.45, 7) is 3.83. The van der Waals surface area contributed by atoms with Crippen molar-refractivity contribution in [3.8, 4) is 16.9 Å². The number of hydrogen-bond donors (Lipinski definition) is 2. The summed E-state index contributed by atoms with van der Waals surface area (Å²) in [4.78, 5) is 15.2. The number of aryl methyl sites for hydroxylation is 2. The normalized spacial score (nSPS) is 10.8. The van der Waals surface area contributed by atoms with Crippen molar-refractivity contribution >= 4 is 12.1 Å². The third-order valence-corrected chi connectivity index (χ3v) is 3.91. The molecule has 132 valence electrons. The number of aromatic nitrogens is 1. The van der Waals surface area contributed by atoms with Crippen LogP contribution >= 0.6 is 0 Å². The zero-order chi connectivity index (χ0) is 18.4. The monoisotopic (exact) mass is 347 g/mol. The standard InChI is InChI=1S/C21H21N3O2/c1-15-12-18(16(2)23-15)13-22-24-21(25)14-26-20-11-7-6-10-19(20)17-8-4-3-5-9-17/h3-13,23H,14H2,1-2H3,(H,24,25)/b22-13+. The quantitative estimate of drug-likeness (QED) is 0.526. The van der Waals surface area contributed by atoms with Crippen LogP contribution in [0.5, 0.6) is 5.75 Å². The molecular weight excluding hydrogens is 326 g/mol. The highest BCUT2D eigenvalue weighted by atomic mass is 16.5. The first kappa shape index (κ1) is 17.5. The van der Waals surface area contributed by atoms with E-state index in [2.05, 4.69) is 15.5 Å². The fraction of sp³-hybridized carbons (Fsp3) is 0.143. The first-order valence-corrected chi connectivity index (χ1v) is 8.39. The molecule has 0 aliphatic heterocycles. The lowest BCUT2D eigenvalue weighted by atomic mass is 10.1. The zero-order valence-corrected chi connectivity index (χ0v) is 14.8. The number of para-hydroxylation sites is 1. The molecule has 3 aromatic rings. The molecule has 3 rings (SSSR count). The average molecular weight is 347 g/mol.